The molecule has 0 fully saturated rings. The van der Waals surface area contributed by atoms with Crippen molar-refractivity contribution in [3.63, 3.8) is 0 Å². The Bertz CT molecular complexity index is 551. The lowest BCUT2D eigenvalue weighted by atomic mass is 10.2. The molecule has 0 atom stereocenters. The van der Waals surface area contributed by atoms with E-state index in [1.54, 1.807) is 10.7 Å². The fourth-order valence-corrected chi connectivity index (χ4v) is 2.22. The highest BCUT2D eigenvalue weighted by atomic mass is 79.9. The molecule has 3 nitrogen and oxygen atoms in total. The third kappa shape index (κ3) is 3.17. The van der Waals surface area contributed by atoms with Crippen LogP contribution in [0.15, 0.2) is 28.9 Å². The molecule has 0 aliphatic carbocycles. The summed E-state index contributed by atoms with van der Waals surface area (Å²) in [6, 6.07) is 4.70. The van der Waals surface area contributed by atoms with Gasteiger partial charge in [-0.05, 0) is 30.7 Å². The zero-order valence-electron chi connectivity index (χ0n) is 10.4. The van der Waals surface area contributed by atoms with Crippen LogP contribution in [0.3, 0.4) is 0 Å². The van der Waals surface area contributed by atoms with Crippen LogP contribution in [0.5, 0.6) is 0 Å². The number of aryl methyl sites for hydroxylation is 2. The van der Waals surface area contributed by atoms with Gasteiger partial charge < -0.3 is 5.32 Å². The van der Waals surface area contributed by atoms with E-state index >= 15 is 0 Å². The molecule has 0 unspecified atom stereocenters. The van der Waals surface area contributed by atoms with E-state index in [1.807, 2.05) is 20.2 Å². The molecular formula is C13H15BrFN3. The van der Waals surface area contributed by atoms with Crippen molar-refractivity contribution in [2.75, 3.05) is 0 Å². The molecule has 0 saturated carbocycles. The summed E-state index contributed by atoms with van der Waals surface area (Å²) in [5.41, 5.74) is 3.09. The van der Waals surface area contributed by atoms with Crippen LogP contribution >= 0.6 is 15.9 Å². The van der Waals surface area contributed by atoms with E-state index < -0.39 is 0 Å². The summed E-state index contributed by atoms with van der Waals surface area (Å²) >= 11 is 3.41. The molecule has 0 aliphatic heterocycles. The smallest absolute Gasteiger partial charge is 0.123 e. The summed E-state index contributed by atoms with van der Waals surface area (Å²) < 4.78 is 15.8. The number of rotatable bonds is 4. The first kappa shape index (κ1) is 13.2. The second-order valence-electron chi connectivity index (χ2n) is 4.25. The third-order valence-corrected chi connectivity index (χ3v) is 3.53. The van der Waals surface area contributed by atoms with E-state index in [-0.39, 0.29) is 5.82 Å². The first-order valence-corrected chi connectivity index (χ1v) is 6.49. The highest BCUT2D eigenvalue weighted by Gasteiger charge is 2.04. The number of hydrogen-bond donors (Lipinski definition) is 1. The summed E-state index contributed by atoms with van der Waals surface area (Å²) in [7, 11) is 1.90. The van der Waals surface area contributed by atoms with E-state index in [9.17, 15) is 4.39 Å². The van der Waals surface area contributed by atoms with E-state index in [2.05, 4.69) is 26.3 Å². The maximum absolute atomic E-state index is 13.1. The lowest BCUT2D eigenvalue weighted by Gasteiger charge is -2.06. The molecule has 1 aromatic heterocycles. The second kappa shape index (κ2) is 5.63. The van der Waals surface area contributed by atoms with E-state index in [0.717, 1.165) is 27.8 Å². The quantitative estimate of drug-likeness (QED) is 0.941. The Balaban J connectivity index is 1.96. The summed E-state index contributed by atoms with van der Waals surface area (Å²) in [6.07, 6.45) is 1.99. The highest BCUT2D eigenvalue weighted by molar-refractivity contribution is 9.10. The van der Waals surface area contributed by atoms with Gasteiger partial charge in [0.1, 0.15) is 5.82 Å². The van der Waals surface area contributed by atoms with Gasteiger partial charge in [-0.3, -0.25) is 4.68 Å². The minimum Gasteiger partial charge on any atom is -0.308 e. The standard InChI is InChI=1S/C13H15BrFN3/c1-9-11(8-18(2)17-9)7-16-6-10-5-12(15)3-4-13(10)14/h3-5,8,16H,6-7H2,1-2H3. The highest BCUT2D eigenvalue weighted by Crippen LogP contribution is 2.17. The van der Waals surface area contributed by atoms with Crippen molar-refractivity contribution in [1.82, 2.24) is 15.1 Å². The Kier molecular flexibility index (Phi) is 4.14. The Hall–Kier alpha value is -1.20. The molecule has 0 bridgehead atoms. The molecule has 96 valence electrons. The van der Waals surface area contributed by atoms with Crippen LogP contribution in [-0.2, 0) is 20.1 Å². The Labute approximate surface area is 114 Å². The molecule has 5 heteroatoms. The normalized spacial score (nSPS) is 10.9. The first-order valence-electron chi connectivity index (χ1n) is 5.70. The van der Waals surface area contributed by atoms with E-state index in [4.69, 9.17) is 0 Å². The maximum Gasteiger partial charge on any atom is 0.123 e. The molecule has 1 N–H and O–H groups in total. The Morgan fingerprint density at radius 3 is 2.72 bits per heavy atom. The number of aromatic nitrogens is 2. The number of benzene rings is 1. The van der Waals surface area contributed by atoms with Crippen molar-refractivity contribution >= 4 is 15.9 Å². The number of nitrogens with one attached hydrogen (secondary N) is 1. The average molecular weight is 312 g/mol. The molecule has 0 amide bonds. The van der Waals surface area contributed by atoms with Gasteiger partial charge in [0.2, 0.25) is 0 Å². The van der Waals surface area contributed by atoms with Crippen LogP contribution in [-0.4, -0.2) is 9.78 Å². The number of nitrogens with zero attached hydrogens (tertiary/aromatic N) is 2. The molecule has 0 aliphatic rings. The lowest BCUT2D eigenvalue weighted by molar-refractivity contribution is 0.619. The molecule has 1 aromatic carbocycles. The monoisotopic (exact) mass is 311 g/mol. The summed E-state index contributed by atoms with van der Waals surface area (Å²) in [5.74, 6) is -0.215. The predicted molar refractivity (Wildman–Crippen MR) is 72.6 cm³/mol. The minimum atomic E-state index is -0.215. The van der Waals surface area contributed by atoms with Gasteiger partial charge >= 0.3 is 0 Å². The van der Waals surface area contributed by atoms with Gasteiger partial charge in [0.15, 0.2) is 0 Å². The molecule has 18 heavy (non-hydrogen) atoms. The lowest BCUT2D eigenvalue weighted by Crippen LogP contribution is -2.13. The largest absolute Gasteiger partial charge is 0.308 e. The van der Waals surface area contributed by atoms with Crippen molar-refractivity contribution in [1.29, 1.82) is 0 Å². The SMILES string of the molecule is Cc1nn(C)cc1CNCc1cc(F)ccc1Br. The Morgan fingerprint density at radius 2 is 2.06 bits per heavy atom. The molecule has 0 radical (unpaired) electrons. The molecular weight excluding hydrogens is 297 g/mol. The minimum absolute atomic E-state index is 0.215. The van der Waals surface area contributed by atoms with E-state index in [0.29, 0.717) is 6.54 Å². The number of hydrogen-bond acceptors (Lipinski definition) is 2. The maximum atomic E-state index is 13.1. The molecule has 2 aromatic rings. The van der Waals surface area contributed by atoms with Gasteiger partial charge in [-0.25, -0.2) is 4.39 Å². The van der Waals surface area contributed by atoms with Crippen molar-refractivity contribution in [2.45, 2.75) is 20.0 Å². The Morgan fingerprint density at radius 1 is 1.33 bits per heavy atom. The second-order valence-corrected chi connectivity index (χ2v) is 5.11. The van der Waals surface area contributed by atoms with Gasteiger partial charge in [0.25, 0.3) is 0 Å². The van der Waals surface area contributed by atoms with Gasteiger partial charge in [-0.1, -0.05) is 15.9 Å². The first-order chi connectivity index (χ1) is 8.56. The zero-order valence-corrected chi connectivity index (χ0v) is 12.0. The van der Waals surface area contributed by atoms with Gasteiger partial charge in [0, 0.05) is 36.4 Å². The van der Waals surface area contributed by atoms with Crippen LogP contribution < -0.4 is 5.32 Å². The zero-order chi connectivity index (χ0) is 13.1. The van der Waals surface area contributed by atoms with Crippen LogP contribution in [0.2, 0.25) is 0 Å². The summed E-state index contributed by atoms with van der Waals surface area (Å²) in [4.78, 5) is 0. The summed E-state index contributed by atoms with van der Waals surface area (Å²) in [5, 5.41) is 7.57. The molecule has 2 rings (SSSR count). The molecule has 0 saturated heterocycles. The van der Waals surface area contributed by atoms with Crippen LogP contribution in [0.25, 0.3) is 0 Å². The summed E-state index contributed by atoms with van der Waals surface area (Å²) in [6.45, 7) is 3.32. The van der Waals surface area contributed by atoms with Crippen LogP contribution in [0.1, 0.15) is 16.8 Å². The van der Waals surface area contributed by atoms with Crippen molar-refractivity contribution in [3.05, 3.63) is 51.5 Å². The van der Waals surface area contributed by atoms with Crippen molar-refractivity contribution < 1.29 is 4.39 Å². The molecule has 0 spiro atoms. The third-order valence-electron chi connectivity index (χ3n) is 2.75. The van der Waals surface area contributed by atoms with Crippen molar-refractivity contribution in [2.24, 2.45) is 7.05 Å². The fourth-order valence-electron chi connectivity index (χ4n) is 1.83. The van der Waals surface area contributed by atoms with Gasteiger partial charge in [-0.15, -0.1) is 0 Å². The van der Waals surface area contributed by atoms with Crippen LogP contribution in [0, 0.1) is 12.7 Å². The van der Waals surface area contributed by atoms with E-state index in [1.165, 1.54) is 12.1 Å². The van der Waals surface area contributed by atoms with Crippen LogP contribution in [0.4, 0.5) is 4.39 Å². The number of halogens is 2. The van der Waals surface area contributed by atoms with Crippen molar-refractivity contribution in [3.8, 4) is 0 Å². The van der Waals surface area contributed by atoms with Gasteiger partial charge in [0.05, 0.1) is 5.69 Å². The molecule has 1 heterocycles. The predicted octanol–water partition coefficient (Wildman–Crippen LogP) is 2.92. The fraction of sp³-hybridized carbons (Fsp3) is 0.308. The van der Waals surface area contributed by atoms with Gasteiger partial charge in [-0.2, -0.15) is 5.10 Å². The topological polar surface area (TPSA) is 29.9 Å². The average Bonchev–Trinajstić information content (AvgIpc) is 2.62.